The maximum Gasteiger partial charge on any atom is 0.266 e. The summed E-state index contributed by atoms with van der Waals surface area (Å²) in [5.74, 6) is 0.761. The summed E-state index contributed by atoms with van der Waals surface area (Å²) in [6, 6.07) is 25.7. The monoisotopic (exact) mass is 358 g/mol. The topological polar surface area (TPSA) is 34.9 Å². The molecule has 128 valence electrons. The summed E-state index contributed by atoms with van der Waals surface area (Å²) in [4.78, 5) is 18.0. The number of hydrogen-bond acceptors (Lipinski definition) is 3. The lowest BCUT2D eigenvalue weighted by molar-refractivity contribution is 0.814. The first-order valence-corrected chi connectivity index (χ1v) is 9.47. The molecule has 1 aromatic heterocycles. The van der Waals surface area contributed by atoms with Gasteiger partial charge in [0, 0.05) is 5.75 Å². The van der Waals surface area contributed by atoms with Crippen LogP contribution in [0.5, 0.6) is 0 Å². The summed E-state index contributed by atoms with van der Waals surface area (Å²) >= 11 is 1.58. The van der Waals surface area contributed by atoms with E-state index < -0.39 is 0 Å². The first-order valence-electron chi connectivity index (χ1n) is 8.48. The van der Waals surface area contributed by atoms with Crippen molar-refractivity contribution in [2.45, 2.75) is 17.8 Å². The molecule has 0 unspecified atom stereocenters. The highest BCUT2D eigenvalue weighted by molar-refractivity contribution is 7.98. The molecule has 1 heterocycles. The summed E-state index contributed by atoms with van der Waals surface area (Å²) in [5.41, 5.74) is 3.84. The molecule has 0 radical (unpaired) electrons. The Bertz CT molecular complexity index is 1120. The standard InChI is InChI=1S/C22H18N2OS/c1-16-9-5-8-14-20(16)24-21(25)18-12-6-7-13-19(18)23-22(24)26-15-17-10-3-2-4-11-17/h2-14H,15H2,1H3. The van der Waals surface area contributed by atoms with Gasteiger partial charge in [-0.25, -0.2) is 4.98 Å². The highest BCUT2D eigenvalue weighted by atomic mass is 32.2. The number of aromatic nitrogens is 2. The maximum atomic E-state index is 13.2. The minimum Gasteiger partial charge on any atom is -0.268 e. The second kappa shape index (κ2) is 7.18. The summed E-state index contributed by atoms with van der Waals surface area (Å²) in [6.45, 7) is 2.02. The molecule has 0 spiro atoms. The van der Waals surface area contributed by atoms with E-state index in [2.05, 4.69) is 12.1 Å². The third-order valence-corrected chi connectivity index (χ3v) is 5.32. The van der Waals surface area contributed by atoms with Gasteiger partial charge in [0.1, 0.15) is 0 Å². The average molecular weight is 358 g/mol. The third kappa shape index (κ3) is 3.16. The number of aryl methyl sites for hydroxylation is 1. The molecule has 26 heavy (non-hydrogen) atoms. The molecular formula is C22H18N2OS. The lowest BCUT2D eigenvalue weighted by Crippen LogP contribution is -2.22. The van der Waals surface area contributed by atoms with E-state index in [0.29, 0.717) is 10.5 Å². The zero-order valence-electron chi connectivity index (χ0n) is 14.4. The van der Waals surface area contributed by atoms with E-state index in [1.54, 1.807) is 16.3 Å². The van der Waals surface area contributed by atoms with Crippen LogP contribution in [0.2, 0.25) is 0 Å². The van der Waals surface area contributed by atoms with E-state index in [0.717, 1.165) is 22.5 Å². The molecule has 4 rings (SSSR count). The molecule has 0 fully saturated rings. The van der Waals surface area contributed by atoms with Gasteiger partial charge in [0.25, 0.3) is 5.56 Å². The highest BCUT2D eigenvalue weighted by Crippen LogP contribution is 2.25. The minimum atomic E-state index is -0.0274. The molecule has 3 nitrogen and oxygen atoms in total. The molecule has 0 amide bonds. The lowest BCUT2D eigenvalue weighted by Gasteiger charge is -2.15. The number of thioether (sulfide) groups is 1. The normalized spacial score (nSPS) is 11.0. The number of rotatable bonds is 4. The zero-order valence-corrected chi connectivity index (χ0v) is 15.2. The predicted octanol–water partition coefficient (Wildman–Crippen LogP) is 4.99. The number of fused-ring (bicyclic) bond motifs is 1. The summed E-state index contributed by atoms with van der Waals surface area (Å²) in [7, 11) is 0. The Kier molecular flexibility index (Phi) is 4.59. The van der Waals surface area contributed by atoms with Crippen molar-refractivity contribution in [1.82, 2.24) is 9.55 Å². The lowest BCUT2D eigenvalue weighted by atomic mass is 10.2. The van der Waals surface area contributed by atoms with Crippen LogP contribution in [0.1, 0.15) is 11.1 Å². The van der Waals surface area contributed by atoms with Gasteiger partial charge in [0.05, 0.1) is 16.6 Å². The molecule has 0 N–H and O–H groups in total. The van der Waals surface area contributed by atoms with Crippen molar-refractivity contribution >= 4 is 22.7 Å². The number of benzene rings is 3. The van der Waals surface area contributed by atoms with Crippen molar-refractivity contribution in [1.29, 1.82) is 0 Å². The number of hydrogen-bond donors (Lipinski definition) is 0. The van der Waals surface area contributed by atoms with Gasteiger partial charge < -0.3 is 0 Å². The van der Waals surface area contributed by atoms with Crippen LogP contribution in [0.4, 0.5) is 0 Å². The van der Waals surface area contributed by atoms with Crippen molar-refractivity contribution in [3.8, 4) is 5.69 Å². The van der Waals surface area contributed by atoms with Gasteiger partial charge >= 0.3 is 0 Å². The van der Waals surface area contributed by atoms with Crippen LogP contribution in [0, 0.1) is 6.92 Å². The Morgan fingerprint density at radius 3 is 2.38 bits per heavy atom. The van der Waals surface area contributed by atoms with Crippen LogP contribution in [0.25, 0.3) is 16.6 Å². The molecule has 0 bridgehead atoms. The summed E-state index contributed by atoms with van der Waals surface area (Å²) in [5, 5.41) is 1.35. The van der Waals surface area contributed by atoms with Crippen LogP contribution in [-0.4, -0.2) is 9.55 Å². The van der Waals surface area contributed by atoms with Crippen LogP contribution in [-0.2, 0) is 5.75 Å². The number of para-hydroxylation sites is 2. The SMILES string of the molecule is Cc1ccccc1-n1c(SCc2ccccc2)nc2ccccc2c1=O. The second-order valence-electron chi connectivity index (χ2n) is 6.11. The van der Waals surface area contributed by atoms with Crippen LogP contribution in [0.3, 0.4) is 0 Å². The Morgan fingerprint density at radius 1 is 0.885 bits per heavy atom. The fourth-order valence-electron chi connectivity index (χ4n) is 2.96. The molecule has 4 aromatic rings. The fraction of sp³-hybridized carbons (Fsp3) is 0.0909. The van der Waals surface area contributed by atoms with Gasteiger partial charge in [-0.1, -0.05) is 72.4 Å². The quantitative estimate of drug-likeness (QED) is 0.381. The van der Waals surface area contributed by atoms with Crippen LogP contribution in [0.15, 0.2) is 88.8 Å². The van der Waals surface area contributed by atoms with Crippen molar-refractivity contribution in [3.63, 3.8) is 0 Å². The summed E-state index contributed by atoms with van der Waals surface area (Å²) < 4.78 is 1.74. The van der Waals surface area contributed by atoms with Crippen molar-refractivity contribution < 1.29 is 0 Å². The van der Waals surface area contributed by atoms with E-state index in [-0.39, 0.29) is 5.56 Å². The van der Waals surface area contributed by atoms with Crippen LogP contribution >= 0.6 is 11.8 Å². The summed E-state index contributed by atoms with van der Waals surface area (Å²) in [6.07, 6.45) is 0. The molecule has 3 aromatic carbocycles. The first-order chi connectivity index (χ1) is 12.7. The zero-order chi connectivity index (χ0) is 17.9. The largest absolute Gasteiger partial charge is 0.268 e. The van der Waals surface area contributed by atoms with Gasteiger partial charge in [-0.2, -0.15) is 0 Å². The van der Waals surface area contributed by atoms with Crippen molar-refractivity contribution in [2.24, 2.45) is 0 Å². The Balaban J connectivity index is 1.88. The second-order valence-corrected chi connectivity index (χ2v) is 7.06. The van der Waals surface area contributed by atoms with E-state index in [9.17, 15) is 4.79 Å². The van der Waals surface area contributed by atoms with E-state index >= 15 is 0 Å². The molecule has 0 saturated heterocycles. The first kappa shape index (κ1) is 16.6. The van der Waals surface area contributed by atoms with Crippen molar-refractivity contribution in [2.75, 3.05) is 0 Å². The predicted molar refractivity (Wildman–Crippen MR) is 108 cm³/mol. The Morgan fingerprint density at radius 2 is 1.58 bits per heavy atom. The van der Waals surface area contributed by atoms with Gasteiger partial charge in [-0.15, -0.1) is 0 Å². The maximum absolute atomic E-state index is 13.2. The molecular weight excluding hydrogens is 340 g/mol. The third-order valence-electron chi connectivity index (χ3n) is 4.31. The molecule has 0 aliphatic rings. The van der Waals surface area contributed by atoms with Gasteiger partial charge in [-0.3, -0.25) is 9.36 Å². The van der Waals surface area contributed by atoms with E-state index in [1.165, 1.54) is 5.56 Å². The van der Waals surface area contributed by atoms with Gasteiger partial charge in [0.15, 0.2) is 5.16 Å². The minimum absolute atomic E-state index is 0.0274. The van der Waals surface area contributed by atoms with Gasteiger partial charge in [0.2, 0.25) is 0 Å². The smallest absolute Gasteiger partial charge is 0.266 e. The molecule has 0 saturated carbocycles. The molecule has 0 aliphatic heterocycles. The molecule has 4 heteroatoms. The molecule has 0 atom stereocenters. The van der Waals surface area contributed by atoms with Crippen molar-refractivity contribution in [3.05, 3.63) is 100 Å². The van der Waals surface area contributed by atoms with Gasteiger partial charge in [-0.05, 0) is 36.2 Å². The average Bonchev–Trinajstić information content (AvgIpc) is 2.68. The Hall–Kier alpha value is -2.85. The van der Waals surface area contributed by atoms with E-state index in [4.69, 9.17) is 4.98 Å². The number of nitrogens with zero attached hydrogens (tertiary/aromatic N) is 2. The Labute approximate surface area is 156 Å². The van der Waals surface area contributed by atoms with Crippen LogP contribution < -0.4 is 5.56 Å². The molecule has 0 aliphatic carbocycles. The fourth-order valence-corrected chi connectivity index (χ4v) is 3.92. The highest BCUT2D eigenvalue weighted by Gasteiger charge is 2.14. The van der Waals surface area contributed by atoms with E-state index in [1.807, 2.05) is 73.7 Å².